The third-order valence-electron chi connectivity index (χ3n) is 4.03. The quantitative estimate of drug-likeness (QED) is 0.803. The van der Waals surface area contributed by atoms with Crippen LogP contribution in [0.1, 0.15) is 12.5 Å². The normalized spacial score (nSPS) is 17.6. The summed E-state index contributed by atoms with van der Waals surface area (Å²) in [6.45, 7) is 3.28. The van der Waals surface area contributed by atoms with Crippen molar-refractivity contribution in [3.05, 3.63) is 54.1 Å². The summed E-state index contributed by atoms with van der Waals surface area (Å²) in [5.41, 5.74) is 8.58. The first-order valence-corrected chi connectivity index (χ1v) is 7.88. The van der Waals surface area contributed by atoms with Crippen LogP contribution in [0.4, 0.5) is 16.2 Å². The van der Waals surface area contributed by atoms with Crippen LogP contribution in [0.15, 0.2) is 48.5 Å². The molecule has 2 aromatic rings. The fourth-order valence-electron chi connectivity index (χ4n) is 2.81. The largest absolute Gasteiger partial charge is 0.485 e. The minimum atomic E-state index is -1.09. The molecule has 126 valence electrons. The van der Waals surface area contributed by atoms with Crippen LogP contribution in [0.3, 0.4) is 0 Å². The minimum Gasteiger partial charge on any atom is -0.485 e. The Bertz CT molecular complexity index is 719. The lowest BCUT2D eigenvalue weighted by atomic mass is 10.1. The van der Waals surface area contributed by atoms with Crippen molar-refractivity contribution in [2.75, 3.05) is 16.8 Å². The lowest BCUT2D eigenvalue weighted by Gasteiger charge is -2.38. The van der Waals surface area contributed by atoms with Gasteiger partial charge in [-0.3, -0.25) is 5.32 Å². The van der Waals surface area contributed by atoms with Crippen LogP contribution in [0.5, 0.6) is 5.75 Å². The third kappa shape index (κ3) is 3.60. The molecule has 0 saturated heterocycles. The average molecular weight is 327 g/mol. The molecule has 1 aliphatic rings. The Hall–Kier alpha value is -2.73. The summed E-state index contributed by atoms with van der Waals surface area (Å²) < 4.78 is 5.98. The van der Waals surface area contributed by atoms with Gasteiger partial charge in [0.2, 0.25) is 0 Å². The van der Waals surface area contributed by atoms with Crippen molar-refractivity contribution < 1.29 is 14.6 Å². The van der Waals surface area contributed by atoms with E-state index in [2.05, 4.69) is 22.3 Å². The van der Waals surface area contributed by atoms with E-state index in [1.165, 1.54) is 5.56 Å². The molecule has 0 fully saturated rings. The zero-order valence-corrected chi connectivity index (χ0v) is 13.5. The van der Waals surface area contributed by atoms with E-state index in [-0.39, 0.29) is 12.1 Å². The SMILES string of the molecule is C[C@H](N)[C@H]1CN(Cc2ccccc2)c2cc(NC(=O)O)ccc2O1. The number of nitrogens with zero attached hydrogens (tertiary/aromatic N) is 1. The number of rotatable bonds is 4. The Morgan fingerprint density at radius 1 is 1.38 bits per heavy atom. The molecule has 0 aromatic heterocycles. The van der Waals surface area contributed by atoms with Gasteiger partial charge in [-0.05, 0) is 30.7 Å². The molecule has 3 rings (SSSR count). The number of ether oxygens (including phenoxy) is 1. The smallest absolute Gasteiger partial charge is 0.409 e. The maximum Gasteiger partial charge on any atom is 0.409 e. The van der Waals surface area contributed by atoms with E-state index >= 15 is 0 Å². The van der Waals surface area contributed by atoms with Gasteiger partial charge < -0.3 is 20.5 Å². The number of carboxylic acid groups (broad SMARTS) is 1. The van der Waals surface area contributed by atoms with Crippen molar-refractivity contribution in [2.45, 2.75) is 25.6 Å². The number of fused-ring (bicyclic) bond motifs is 1. The Kier molecular flexibility index (Phi) is 4.57. The van der Waals surface area contributed by atoms with E-state index in [0.29, 0.717) is 18.8 Å². The first-order valence-electron chi connectivity index (χ1n) is 7.88. The maximum atomic E-state index is 10.9. The van der Waals surface area contributed by atoms with Crippen molar-refractivity contribution in [1.82, 2.24) is 0 Å². The second-order valence-corrected chi connectivity index (χ2v) is 5.99. The van der Waals surface area contributed by atoms with Gasteiger partial charge in [0.15, 0.2) is 0 Å². The lowest BCUT2D eigenvalue weighted by Crippen LogP contribution is -2.48. The molecule has 0 radical (unpaired) electrons. The van der Waals surface area contributed by atoms with Crippen molar-refractivity contribution in [1.29, 1.82) is 0 Å². The molecule has 24 heavy (non-hydrogen) atoms. The van der Waals surface area contributed by atoms with Gasteiger partial charge in [0, 0.05) is 18.3 Å². The first kappa shape index (κ1) is 16.1. The van der Waals surface area contributed by atoms with E-state index in [1.54, 1.807) is 18.2 Å². The number of carbonyl (C=O) groups is 1. The Balaban J connectivity index is 1.93. The Morgan fingerprint density at radius 2 is 2.12 bits per heavy atom. The zero-order chi connectivity index (χ0) is 17.1. The molecule has 0 unspecified atom stereocenters. The Labute approximate surface area is 140 Å². The van der Waals surface area contributed by atoms with Gasteiger partial charge in [-0.1, -0.05) is 30.3 Å². The molecule has 2 aromatic carbocycles. The van der Waals surface area contributed by atoms with Crippen molar-refractivity contribution in [3.8, 4) is 5.75 Å². The van der Waals surface area contributed by atoms with E-state index in [9.17, 15) is 4.79 Å². The van der Waals surface area contributed by atoms with Crippen LogP contribution in [0.25, 0.3) is 0 Å². The number of hydrogen-bond donors (Lipinski definition) is 3. The van der Waals surface area contributed by atoms with Gasteiger partial charge in [0.25, 0.3) is 0 Å². The molecule has 1 amide bonds. The van der Waals surface area contributed by atoms with Gasteiger partial charge >= 0.3 is 6.09 Å². The molecule has 2 atom stereocenters. The van der Waals surface area contributed by atoms with Crippen LogP contribution in [-0.4, -0.2) is 29.9 Å². The Morgan fingerprint density at radius 3 is 2.79 bits per heavy atom. The fraction of sp³-hybridized carbons (Fsp3) is 0.278. The molecule has 0 spiro atoms. The second kappa shape index (κ2) is 6.80. The molecule has 6 heteroatoms. The fourth-order valence-corrected chi connectivity index (χ4v) is 2.81. The molecular weight excluding hydrogens is 306 g/mol. The summed E-state index contributed by atoms with van der Waals surface area (Å²) in [5.74, 6) is 0.718. The van der Waals surface area contributed by atoms with Crippen molar-refractivity contribution in [3.63, 3.8) is 0 Å². The van der Waals surface area contributed by atoms with E-state index in [0.717, 1.165) is 11.4 Å². The van der Waals surface area contributed by atoms with Gasteiger partial charge in [-0.2, -0.15) is 0 Å². The number of nitrogens with one attached hydrogen (secondary N) is 1. The zero-order valence-electron chi connectivity index (χ0n) is 13.5. The average Bonchev–Trinajstić information content (AvgIpc) is 2.55. The van der Waals surface area contributed by atoms with Crippen LogP contribution < -0.4 is 20.7 Å². The standard InChI is InChI=1S/C18H21N3O3/c1-12(19)17-11-21(10-13-5-3-2-4-6-13)15-9-14(20-18(22)23)7-8-16(15)24-17/h2-9,12,17,20H,10-11,19H2,1H3,(H,22,23)/t12-,17+/m0/s1. The van der Waals surface area contributed by atoms with Crippen molar-refractivity contribution >= 4 is 17.5 Å². The van der Waals surface area contributed by atoms with Crippen LogP contribution in [-0.2, 0) is 6.54 Å². The molecule has 1 aliphatic heterocycles. The highest BCUT2D eigenvalue weighted by molar-refractivity contribution is 5.84. The predicted octanol–water partition coefficient (Wildman–Crippen LogP) is 2.89. The van der Waals surface area contributed by atoms with Gasteiger partial charge in [-0.25, -0.2) is 4.79 Å². The van der Waals surface area contributed by atoms with Gasteiger partial charge in [0.1, 0.15) is 11.9 Å². The highest BCUT2D eigenvalue weighted by Crippen LogP contribution is 2.37. The van der Waals surface area contributed by atoms with Crippen LogP contribution in [0, 0.1) is 0 Å². The summed E-state index contributed by atoms with van der Waals surface area (Å²) in [5, 5.41) is 11.3. The molecule has 6 nitrogen and oxygen atoms in total. The summed E-state index contributed by atoms with van der Waals surface area (Å²) in [6, 6.07) is 15.3. The van der Waals surface area contributed by atoms with E-state index in [1.807, 2.05) is 25.1 Å². The molecule has 0 saturated carbocycles. The van der Waals surface area contributed by atoms with E-state index < -0.39 is 6.09 Å². The van der Waals surface area contributed by atoms with E-state index in [4.69, 9.17) is 15.6 Å². The highest BCUT2D eigenvalue weighted by Gasteiger charge is 2.28. The third-order valence-corrected chi connectivity index (χ3v) is 4.03. The highest BCUT2D eigenvalue weighted by atomic mass is 16.5. The van der Waals surface area contributed by atoms with Crippen LogP contribution in [0.2, 0.25) is 0 Å². The minimum absolute atomic E-state index is 0.103. The van der Waals surface area contributed by atoms with Crippen LogP contribution >= 0.6 is 0 Å². The number of nitrogens with two attached hydrogens (primary N) is 1. The maximum absolute atomic E-state index is 10.9. The molecule has 1 heterocycles. The summed E-state index contributed by atoms with van der Waals surface area (Å²) in [6.07, 6.45) is -1.20. The first-order chi connectivity index (χ1) is 11.5. The molecule has 0 bridgehead atoms. The second-order valence-electron chi connectivity index (χ2n) is 5.99. The molecule has 4 N–H and O–H groups in total. The molecule has 0 aliphatic carbocycles. The monoisotopic (exact) mass is 327 g/mol. The van der Waals surface area contributed by atoms with Crippen molar-refractivity contribution in [2.24, 2.45) is 5.73 Å². The summed E-state index contributed by atoms with van der Waals surface area (Å²) >= 11 is 0. The summed E-state index contributed by atoms with van der Waals surface area (Å²) in [7, 11) is 0. The topological polar surface area (TPSA) is 87.8 Å². The summed E-state index contributed by atoms with van der Waals surface area (Å²) in [4.78, 5) is 13.1. The van der Waals surface area contributed by atoms with Gasteiger partial charge in [-0.15, -0.1) is 0 Å². The number of hydrogen-bond acceptors (Lipinski definition) is 4. The van der Waals surface area contributed by atoms with Gasteiger partial charge in [0.05, 0.1) is 12.2 Å². The lowest BCUT2D eigenvalue weighted by molar-refractivity contribution is 0.170. The number of anilines is 2. The predicted molar refractivity (Wildman–Crippen MR) is 93.6 cm³/mol. The molecular formula is C18H21N3O3. The number of amides is 1. The number of benzene rings is 2.